The van der Waals surface area contributed by atoms with E-state index < -0.39 is 29.6 Å². The first-order valence-electron chi connectivity index (χ1n) is 9.46. The Bertz CT molecular complexity index is 1180. The number of rotatable bonds is 4. The molecule has 0 spiro atoms. The van der Waals surface area contributed by atoms with Crippen molar-refractivity contribution in [2.45, 2.75) is 39.3 Å². The van der Waals surface area contributed by atoms with Crippen LogP contribution in [0.15, 0.2) is 9.59 Å². The van der Waals surface area contributed by atoms with Gasteiger partial charge in [0.15, 0.2) is 17.4 Å². The van der Waals surface area contributed by atoms with Crippen molar-refractivity contribution >= 4 is 23.1 Å². The highest BCUT2D eigenvalue weighted by Gasteiger charge is 2.44. The highest BCUT2D eigenvalue weighted by molar-refractivity contribution is 5.77. The molecule has 3 rings (SSSR count). The highest BCUT2D eigenvalue weighted by atomic mass is 19.4. The normalized spacial score (nSPS) is 16.8. The molecule has 0 aromatic carbocycles. The Morgan fingerprint density at radius 1 is 1.32 bits per heavy atom. The van der Waals surface area contributed by atoms with E-state index in [0.717, 1.165) is 4.57 Å². The van der Waals surface area contributed by atoms with E-state index in [-0.39, 0.29) is 43.3 Å². The fourth-order valence-corrected chi connectivity index (χ4v) is 3.36. The maximum absolute atomic E-state index is 12.9. The van der Waals surface area contributed by atoms with E-state index in [0.29, 0.717) is 6.54 Å². The van der Waals surface area contributed by atoms with Crippen LogP contribution in [0.3, 0.4) is 0 Å². The van der Waals surface area contributed by atoms with Gasteiger partial charge in [-0.15, -0.1) is 5.92 Å². The van der Waals surface area contributed by atoms with Crippen LogP contribution in [-0.4, -0.2) is 56.7 Å². The summed E-state index contributed by atoms with van der Waals surface area (Å²) in [5, 5.41) is 2.87. The van der Waals surface area contributed by atoms with Gasteiger partial charge in [-0.05, 0) is 13.8 Å². The SMILES string of the molecule is CC#CCn1c(N2CCNCC2OC(=O)C(F)(F)F)nc2c1c(=O)n(C)c(=O)n2CC. The molecule has 1 fully saturated rings. The summed E-state index contributed by atoms with van der Waals surface area (Å²) in [6, 6.07) is 0. The minimum atomic E-state index is -5.16. The number of aryl methyl sites for hydroxylation is 1. The van der Waals surface area contributed by atoms with Crippen molar-refractivity contribution in [2.24, 2.45) is 7.05 Å². The Labute approximate surface area is 174 Å². The maximum atomic E-state index is 12.9. The van der Waals surface area contributed by atoms with Crippen LogP contribution in [0, 0.1) is 11.8 Å². The number of nitrogens with one attached hydrogen (secondary N) is 1. The Hall–Kier alpha value is -3.27. The molecular weight excluding hydrogens is 421 g/mol. The molecule has 1 unspecified atom stereocenters. The second-order valence-corrected chi connectivity index (χ2v) is 6.74. The summed E-state index contributed by atoms with van der Waals surface area (Å²) in [6.07, 6.45) is -6.48. The number of anilines is 1. The summed E-state index contributed by atoms with van der Waals surface area (Å²) in [4.78, 5) is 42.6. The van der Waals surface area contributed by atoms with E-state index in [4.69, 9.17) is 0 Å². The summed E-state index contributed by atoms with van der Waals surface area (Å²) in [6.45, 7) is 3.96. The van der Waals surface area contributed by atoms with Crippen LogP contribution in [0.25, 0.3) is 11.2 Å². The lowest BCUT2D eigenvalue weighted by Gasteiger charge is -2.36. The third-order valence-electron chi connectivity index (χ3n) is 4.87. The molecule has 13 heteroatoms. The van der Waals surface area contributed by atoms with Crippen LogP contribution in [-0.2, 0) is 29.7 Å². The van der Waals surface area contributed by atoms with Gasteiger partial charge in [0.1, 0.15) is 0 Å². The highest BCUT2D eigenvalue weighted by Crippen LogP contribution is 2.25. The first-order valence-corrected chi connectivity index (χ1v) is 9.46. The van der Waals surface area contributed by atoms with Crippen molar-refractivity contribution < 1.29 is 22.7 Å². The molecule has 3 heterocycles. The molecule has 0 bridgehead atoms. The summed E-state index contributed by atoms with van der Waals surface area (Å²) in [5.41, 5.74) is -1.01. The second-order valence-electron chi connectivity index (χ2n) is 6.74. The largest absolute Gasteiger partial charge is 0.491 e. The molecule has 0 saturated carbocycles. The minimum absolute atomic E-state index is 0.00333. The van der Waals surface area contributed by atoms with Gasteiger partial charge < -0.3 is 15.0 Å². The van der Waals surface area contributed by atoms with Gasteiger partial charge in [0.05, 0.1) is 13.1 Å². The number of alkyl halides is 3. The number of hydrogen-bond acceptors (Lipinski definition) is 7. The van der Waals surface area contributed by atoms with Gasteiger partial charge in [-0.2, -0.15) is 18.2 Å². The molecule has 168 valence electrons. The van der Waals surface area contributed by atoms with E-state index in [1.165, 1.54) is 21.1 Å². The lowest BCUT2D eigenvalue weighted by Crippen LogP contribution is -2.55. The molecule has 31 heavy (non-hydrogen) atoms. The quantitative estimate of drug-likeness (QED) is 0.516. The monoisotopic (exact) mass is 442 g/mol. The minimum Gasteiger partial charge on any atom is -0.433 e. The van der Waals surface area contributed by atoms with Crippen molar-refractivity contribution in [3.05, 3.63) is 20.8 Å². The van der Waals surface area contributed by atoms with Crippen LogP contribution in [0.2, 0.25) is 0 Å². The average Bonchev–Trinajstić information content (AvgIpc) is 3.09. The molecule has 0 aliphatic carbocycles. The summed E-state index contributed by atoms with van der Waals surface area (Å²) < 4.78 is 46.6. The van der Waals surface area contributed by atoms with E-state index in [9.17, 15) is 27.6 Å². The molecule has 2 aromatic rings. The summed E-state index contributed by atoms with van der Waals surface area (Å²) in [7, 11) is 1.33. The predicted molar refractivity (Wildman–Crippen MR) is 105 cm³/mol. The molecule has 2 aromatic heterocycles. The lowest BCUT2D eigenvalue weighted by molar-refractivity contribution is -0.205. The fraction of sp³-hybridized carbons (Fsp3) is 0.556. The molecule has 0 amide bonds. The number of esters is 1. The number of imidazole rings is 1. The molecule has 1 atom stereocenters. The van der Waals surface area contributed by atoms with Crippen LogP contribution in [0.5, 0.6) is 0 Å². The number of carbonyl (C=O) groups is 1. The molecule has 1 saturated heterocycles. The van der Waals surface area contributed by atoms with Gasteiger partial charge in [-0.3, -0.25) is 18.5 Å². The molecule has 10 nitrogen and oxygen atoms in total. The second kappa shape index (κ2) is 8.46. The molecule has 0 radical (unpaired) electrons. The average molecular weight is 442 g/mol. The zero-order valence-corrected chi connectivity index (χ0v) is 17.1. The maximum Gasteiger partial charge on any atom is 0.491 e. The van der Waals surface area contributed by atoms with Crippen molar-refractivity contribution in [1.29, 1.82) is 0 Å². The first-order chi connectivity index (χ1) is 14.6. The summed E-state index contributed by atoms with van der Waals surface area (Å²) >= 11 is 0. The van der Waals surface area contributed by atoms with E-state index in [1.54, 1.807) is 13.8 Å². The zero-order chi connectivity index (χ0) is 22.9. The predicted octanol–water partition coefficient (Wildman–Crippen LogP) is -0.219. The number of fused-ring (bicyclic) bond motifs is 1. The third-order valence-corrected chi connectivity index (χ3v) is 4.87. The standard InChI is InChI=1S/C18H21F3N6O4/c1-4-6-8-27-12-13(25(5-2)17(30)24(3)14(12)28)23-16(27)26-9-7-22-10-11(26)31-15(29)18(19,20)21/h11,22H,5,7-10H2,1-3H3. The molecular formula is C18H21F3N6O4. The van der Waals surface area contributed by atoms with Gasteiger partial charge in [0.2, 0.25) is 5.95 Å². The number of halogens is 3. The van der Waals surface area contributed by atoms with Gasteiger partial charge >= 0.3 is 17.8 Å². The summed E-state index contributed by atoms with van der Waals surface area (Å²) in [5.74, 6) is 3.26. The van der Waals surface area contributed by atoms with Crippen LogP contribution in [0.4, 0.5) is 19.1 Å². The molecule has 1 aliphatic rings. The van der Waals surface area contributed by atoms with Crippen molar-refractivity contribution in [3.8, 4) is 11.8 Å². The Morgan fingerprint density at radius 2 is 2.03 bits per heavy atom. The topological polar surface area (TPSA) is 103 Å². The molecule has 1 N–H and O–H groups in total. The van der Waals surface area contributed by atoms with Crippen molar-refractivity contribution in [3.63, 3.8) is 0 Å². The zero-order valence-electron chi connectivity index (χ0n) is 17.1. The Kier molecular flexibility index (Phi) is 6.12. The van der Waals surface area contributed by atoms with Crippen molar-refractivity contribution in [1.82, 2.24) is 24.0 Å². The van der Waals surface area contributed by atoms with Gasteiger partial charge in [0, 0.05) is 26.7 Å². The van der Waals surface area contributed by atoms with E-state index in [2.05, 4.69) is 26.9 Å². The number of aromatic nitrogens is 4. The number of nitrogens with zero attached hydrogens (tertiary/aromatic N) is 5. The van der Waals surface area contributed by atoms with Gasteiger partial charge in [-0.25, -0.2) is 9.59 Å². The number of piperazine rings is 1. The van der Waals surface area contributed by atoms with E-state index >= 15 is 0 Å². The van der Waals surface area contributed by atoms with Crippen LogP contribution in [0.1, 0.15) is 13.8 Å². The molecule has 1 aliphatic heterocycles. The van der Waals surface area contributed by atoms with Gasteiger partial charge in [0.25, 0.3) is 5.56 Å². The Balaban J connectivity index is 2.22. The van der Waals surface area contributed by atoms with Crippen LogP contribution < -0.4 is 21.5 Å². The van der Waals surface area contributed by atoms with Crippen LogP contribution >= 0.6 is 0 Å². The van der Waals surface area contributed by atoms with E-state index in [1.807, 2.05) is 0 Å². The number of carbonyl (C=O) groups excluding carboxylic acids is 1. The Morgan fingerprint density at radius 3 is 2.65 bits per heavy atom. The number of ether oxygens (including phenoxy) is 1. The first kappa shape index (κ1) is 22.4. The fourth-order valence-electron chi connectivity index (χ4n) is 3.36. The number of hydrogen-bond donors (Lipinski definition) is 1. The van der Waals surface area contributed by atoms with Gasteiger partial charge in [-0.1, -0.05) is 5.92 Å². The smallest absolute Gasteiger partial charge is 0.433 e. The lowest BCUT2D eigenvalue weighted by atomic mass is 10.3. The third kappa shape index (κ3) is 4.02. The van der Waals surface area contributed by atoms with Crippen molar-refractivity contribution in [2.75, 3.05) is 24.5 Å².